The SMILES string of the molecule is COCOc1ccc2c(c1)CN(C(=O)OC(C)(C)C)[C@H]([C@H](O)CNC(=O)c1cc(NC3CCC3)nc(N3CCN(C(C)=O)CC3)c1)C2. The van der Waals surface area contributed by atoms with Crippen LogP contribution in [0.4, 0.5) is 16.4 Å². The average molecular weight is 653 g/mol. The molecular formula is C34H48N6O7. The van der Waals surface area contributed by atoms with E-state index in [4.69, 9.17) is 19.2 Å². The molecule has 1 aromatic heterocycles. The highest BCUT2D eigenvalue weighted by atomic mass is 16.7. The molecular weight excluding hydrogens is 604 g/mol. The number of methoxy groups -OCH3 is 1. The van der Waals surface area contributed by atoms with Gasteiger partial charge in [-0.05, 0) is 81.8 Å². The summed E-state index contributed by atoms with van der Waals surface area (Å²) in [7, 11) is 1.55. The minimum Gasteiger partial charge on any atom is -0.468 e. The molecule has 0 bridgehead atoms. The standard InChI is InChI=1S/C34H48N6O7/c1-22(41)38-11-13-39(14-12-38)31-18-24(17-30(37-31)36-26-7-6-8-26)32(43)35-19-29(42)28-16-23-9-10-27(46-21-45-5)15-25(23)20-40(28)33(44)47-34(2,3)4/h9-10,15,17-18,26,28-29,42H,6-8,11-14,16,19-21H2,1-5H3,(H,35,43)(H,36,37)/t28-,29+/m0/s1. The Hall–Kier alpha value is -4.10. The number of amides is 3. The predicted octanol–water partition coefficient (Wildman–Crippen LogP) is 3.15. The van der Waals surface area contributed by atoms with Gasteiger partial charge in [0, 0.05) is 64.9 Å². The second-order valence-electron chi connectivity index (χ2n) is 13.5. The summed E-state index contributed by atoms with van der Waals surface area (Å²) < 4.78 is 16.3. The molecule has 3 aliphatic rings. The van der Waals surface area contributed by atoms with Crippen LogP contribution in [0, 0.1) is 0 Å². The van der Waals surface area contributed by atoms with Crippen LogP contribution in [0.5, 0.6) is 5.75 Å². The van der Waals surface area contributed by atoms with Crippen molar-refractivity contribution >= 4 is 29.5 Å². The van der Waals surface area contributed by atoms with E-state index in [0.717, 1.165) is 30.4 Å². The van der Waals surface area contributed by atoms with Crippen LogP contribution in [0.1, 0.15) is 68.4 Å². The topological polar surface area (TPSA) is 146 Å². The normalized spacial score (nSPS) is 18.9. The lowest BCUT2D eigenvalue weighted by Crippen LogP contribution is -2.54. The molecule has 3 N–H and O–H groups in total. The maximum Gasteiger partial charge on any atom is 0.410 e. The molecule has 3 heterocycles. The van der Waals surface area contributed by atoms with E-state index in [0.29, 0.717) is 61.6 Å². The third kappa shape index (κ3) is 8.83. The summed E-state index contributed by atoms with van der Waals surface area (Å²) >= 11 is 0. The molecule has 13 nitrogen and oxygen atoms in total. The molecule has 2 atom stereocenters. The number of aliphatic hydroxyl groups is 1. The first-order valence-corrected chi connectivity index (χ1v) is 16.4. The number of ether oxygens (including phenoxy) is 3. The minimum atomic E-state index is -1.07. The molecule has 0 unspecified atom stereocenters. The molecule has 2 aliphatic heterocycles. The molecule has 3 amide bonds. The minimum absolute atomic E-state index is 0.0455. The van der Waals surface area contributed by atoms with Gasteiger partial charge < -0.3 is 39.8 Å². The molecule has 1 saturated heterocycles. The van der Waals surface area contributed by atoms with Crippen LogP contribution in [0.25, 0.3) is 0 Å². The molecule has 0 radical (unpaired) electrons. The molecule has 256 valence electrons. The van der Waals surface area contributed by atoms with Crippen molar-refractivity contribution in [2.75, 3.05) is 56.8 Å². The second kappa shape index (κ2) is 14.8. The smallest absolute Gasteiger partial charge is 0.410 e. The fourth-order valence-corrected chi connectivity index (χ4v) is 6.00. The summed E-state index contributed by atoms with van der Waals surface area (Å²) in [5.74, 6) is 1.60. The molecule has 1 aromatic carbocycles. The fourth-order valence-electron chi connectivity index (χ4n) is 6.00. The Bertz CT molecular complexity index is 1430. The number of carbonyl (C=O) groups is 3. The summed E-state index contributed by atoms with van der Waals surface area (Å²) in [5.41, 5.74) is 1.55. The van der Waals surface area contributed by atoms with Gasteiger partial charge in [-0.1, -0.05) is 6.07 Å². The van der Waals surface area contributed by atoms with E-state index < -0.39 is 23.8 Å². The van der Waals surface area contributed by atoms with Crippen LogP contribution < -0.4 is 20.3 Å². The van der Waals surface area contributed by atoms with Crippen LogP contribution in [0.2, 0.25) is 0 Å². The first-order valence-electron chi connectivity index (χ1n) is 16.4. The molecule has 13 heteroatoms. The number of benzene rings is 1. The van der Waals surface area contributed by atoms with Gasteiger partial charge in [-0.25, -0.2) is 9.78 Å². The summed E-state index contributed by atoms with van der Waals surface area (Å²) in [6, 6.07) is 8.81. The van der Waals surface area contributed by atoms with Gasteiger partial charge in [0.1, 0.15) is 23.0 Å². The van der Waals surface area contributed by atoms with Crippen molar-refractivity contribution in [2.45, 2.75) is 83.7 Å². The fraction of sp³-hybridized carbons (Fsp3) is 0.588. The van der Waals surface area contributed by atoms with Crippen molar-refractivity contribution < 1.29 is 33.7 Å². The highest BCUT2D eigenvalue weighted by Crippen LogP contribution is 2.30. The number of aliphatic hydroxyl groups excluding tert-OH is 1. The number of fused-ring (bicyclic) bond motifs is 1. The van der Waals surface area contributed by atoms with Crippen molar-refractivity contribution in [2.24, 2.45) is 0 Å². The van der Waals surface area contributed by atoms with Crippen LogP contribution >= 0.6 is 0 Å². The first kappa shape index (κ1) is 34.2. The lowest BCUT2D eigenvalue weighted by Gasteiger charge is -2.40. The Morgan fingerprint density at radius 2 is 1.81 bits per heavy atom. The number of nitrogens with one attached hydrogen (secondary N) is 2. The maximum atomic E-state index is 13.6. The summed E-state index contributed by atoms with van der Waals surface area (Å²) in [6.07, 6.45) is 2.02. The van der Waals surface area contributed by atoms with Crippen LogP contribution in [0.3, 0.4) is 0 Å². The van der Waals surface area contributed by atoms with Gasteiger partial charge in [0.2, 0.25) is 5.91 Å². The zero-order chi connectivity index (χ0) is 33.7. The Labute approximate surface area is 276 Å². The van der Waals surface area contributed by atoms with Crippen molar-refractivity contribution in [3.8, 4) is 5.75 Å². The Balaban J connectivity index is 1.31. The second-order valence-corrected chi connectivity index (χ2v) is 13.5. The van der Waals surface area contributed by atoms with E-state index >= 15 is 0 Å². The van der Waals surface area contributed by atoms with Crippen LogP contribution in [-0.2, 0) is 27.2 Å². The van der Waals surface area contributed by atoms with Gasteiger partial charge >= 0.3 is 6.09 Å². The highest BCUT2D eigenvalue weighted by Gasteiger charge is 2.37. The van der Waals surface area contributed by atoms with E-state index in [1.165, 1.54) is 4.90 Å². The Morgan fingerprint density at radius 1 is 1.06 bits per heavy atom. The van der Waals surface area contributed by atoms with Crippen LogP contribution in [-0.4, -0.2) is 108 Å². The average Bonchev–Trinajstić information content (AvgIpc) is 3.02. The number of hydrogen-bond donors (Lipinski definition) is 3. The first-order chi connectivity index (χ1) is 22.4. The van der Waals surface area contributed by atoms with Gasteiger partial charge in [0.25, 0.3) is 5.91 Å². The number of anilines is 2. The van der Waals surface area contributed by atoms with Crippen LogP contribution in [0.15, 0.2) is 30.3 Å². The summed E-state index contributed by atoms with van der Waals surface area (Å²) in [6.45, 7) is 9.61. The number of hydrogen-bond acceptors (Lipinski definition) is 10. The Kier molecular flexibility index (Phi) is 10.8. The number of aromatic nitrogens is 1. The predicted molar refractivity (Wildman–Crippen MR) is 177 cm³/mol. The molecule has 2 fully saturated rings. The number of nitrogens with zero attached hydrogens (tertiary/aromatic N) is 4. The lowest BCUT2D eigenvalue weighted by atomic mass is 9.91. The zero-order valence-electron chi connectivity index (χ0n) is 28.1. The van der Waals surface area contributed by atoms with Gasteiger partial charge in [-0.2, -0.15) is 0 Å². The van der Waals surface area contributed by atoms with E-state index in [9.17, 15) is 19.5 Å². The van der Waals surface area contributed by atoms with Gasteiger partial charge in [-0.15, -0.1) is 0 Å². The number of rotatable bonds is 10. The summed E-state index contributed by atoms with van der Waals surface area (Å²) in [5, 5.41) is 17.8. The van der Waals surface area contributed by atoms with Gasteiger partial charge in [0.05, 0.1) is 12.1 Å². The largest absolute Gasteiger partial charge is 0.468 e. The van der Waals surface area contributed by atoms with Crippen molar-refractivity contribution in [1.82, 2.24) is 20.1 Å². The molecule has 5 rings (SSSR count). The molecule has 2 aromatic rings. The molecule has 0 spiro atoms. The lowest BCUT2D eigenvalue weighted by molar-refractivity contribution is -0.129. The van der Waals surface area contributed by atoms with E-state index in [1.54, 1.807) is 51.8 Å². The van der Waals surface area contributed by atoms with Gasteiger partial charge in [0.15, 0.2) is 6.79 Å². The number of pyridine rings is 1. The summed E-state index contributed by atoms with van der Waals surface area (Å²) in [4.78, 5) is 49.0. The quantitative estimate of drug-likeness (QED) is 0.327. The third-order valence-corrected chi connectivity index (χ3v) is 8.82. The highest BCUT2D eigenvalue weighted by molar-refractivity contribution is 5.95. The van der Waals surface area contributed by atoms with E-state index in [-0.39, 0.29) is 31.7 Å². The molecule has 1 aliphatic carbocycles. The van der Waals surface area contributed by atoms with Gasteiger partial charge in [-0.3, -0.25) is 14.5 Å². The number of carbonyl (C=O) groups excluding carboxylic acids is 3. The van der Waals surface area contributed by atoms with Crippen molar-refractivity contribution in [3.05, 3.63) is 47.0 Å². The van der Waals surface area contributed by atoms with E-state index in [1.807, 2.05) is 18.2 Å². The van der Waals surface area contributed by atoms with Crippen molar-refractivity contribution in [3.63, 3.8) is 0 Å². The Morgan fingerprint density at radius 3 is 2.45 bits per heavy atom. The molecule has 1 saturated carbocycles. The zero-order valence-corrected chi connectivity index (χ0v) is 28.1. The number of piperazine rings is 1. The molecule has 47 heavy (non-hydrogen) atoms. The maximum absolute atomic E-state index is 13.6. The van der Waals surface area contributed by atoms with E-state index in [2.05, 4.69) is 15.5 Å². The van der Waals surface area contributed by atoms with Crippen molar-refractivity contribution in [1.29, 1.82) is 0 Å². The third-order valence-electron chi connectivity index (χ3n) is 8.82. The monoisotopic (exact) mass is 652 g/mol.